The summed E-state index contributed by atoms with van der Waals surface area (Å²) in [5.74, 6) is 0.434. The Morgan fingerprint density at radius 3 is 2.47 bits per heavy atom. The molecule has 2 unspecified atom stereocenters. The third-order valence-electron chi connectivity index (χ3n) is 2.97. The van der Waals surface area contributed by atoms with E-state index in [0.29, 0.717) is 6.54 Å². The van der Waals surface area contributed by atoms with Crippen LogP contribution in [-0.4, -0.2) is 31.9 Å². The zero-order valence-electron chi connectivity index (χ0n) is 11.1. The van der Waals surface area contributed by atoms with Crippen molar-refractivity contribution in [1.82, 2.24) is 4.72 Å². The van der Waals surface area contributed by atoms with Gasteiger partial charge in [-0.05, 0) is 30.6 Å². The summed E-state index contributed by atoms with van der Waals surface area (Å²) in [7, 11) is -3.19. The Hall–Kier alpha value is -0.130. The van der Waals surface area contributed by atoms with Crippen molar-refractivity contribution in [3.63, 3.8) is 0 Å². The van der Waals surface area contributed by atoms with Gasteiger partial charge in [0.25, 0.3) is 0 Å². The van der Waals surface area contributed by atoms with Gasteiger partial charge in [0.05, 0.1) is 11.9 Å². The Morgan fingerprint density at radius 1 is 1.29 bits per heavy atom. The molecule has 0 heterocycles. The normalized spacial score (nSPS) is 27.1. The molecule has 102 valence electrons. The molecule has 1 fully saturated rings. The molecule has 0 amide bonds. The molecule has 17 heavy (non-hydrogen) atoms. The van der Waals surface area contributed by atoms with Crippen LogP contribution in [0, 0.1) is 11.3 Å². The lowest BCUT2D eigenvalue weighted by atomic mass is 9.87. The van der Waals surface area contributed by atoms with Crippen molar-refractivity contribution in [3.05, 3.63) is 0 Å². The van der Waals surface area contributed by atoms with E-state index in [1.54, 1.807) is 0 Å². The number of rotatable bonds is 4. The van der Waals surface area contributed by atoms with Crippen molar-refractivity contribution in [2.45, 2.75) is 52.6 Å². The first-order chi connectivity index (χ1) is 7.68. The Labute approximate surface area is 105 Å². The molecule has 5 heteroatoms. The SMILES string of the molecule is CC(C)(C)CS(=O)(=O)NCC1CCCC(O)C1. The maximum atomic E-state index is 11.8. The molecule has 0 aromatic carbocycles. The molecule has 0 spiro atoms. The summed E-state index contributed by atoms with van der Waals surface area (Å²) < 4.78 is 26.3. The van der Waals surface area contributed by atoms with Crippen LogP contribution in [0.15, 0.2) is 0 Å². The summed E-state index contributed by atoms with van der Waals surface area (Å²) in [5.41, 5.74) is -0.224. The fourth-order valence-corrected chi connectivity index (χ4v) is 4.05. The summed E-state index contributed by atoms with van der Waals surface area (Å²) >= 11 is 0. The number of hydrogen-bond donors (Lipinski definition) is 2. The lowest BCUT2D eigenvalue weighted by molar-refractivity contribution is 0.102. The van der Waals surface area contributed by atoms with Gasteiger partial charge < -0.3 is 5.11 Å². The van der Waals surface area contributed by atoms with Crippen molar-refractivity contribution in [1.29, 1.82) is 0 Å². The predicted molar refractivity (Wildman–Crippen MR) is 69.2 cm³/mol. The third kappa shape index (κ3) is 6.38. The van der Waals surface area contributed by atoms with E-state index in [0.717, 1.165) is 25.7 Å². The van der Waals surface area contributed by atoms with Crippen LogP contribution in [0.4, 0.5) is 0 Å². The van der Waals surface area contributed by atoms with E-state index in [1.807, 2.05) is 20.8 Å². The molecule has 0 aromatic rings. The molecule has 0 radical (unpaired) electrons. The summed E-state index contributed by atoms with van der Waals surface area (Å²) in [6, 6.07) is 0. The molecular weight excluding hydrogens is 238 g/mol. The predicted octanol–water partition coefficient (Wildman–Crippen LogP) is 1.50. The Balaban J connectivity index is 2.39. The van der Waals surface area contributed by atoms with Gasteiger partial charge in [0.2, 0.25) is 10.0 Å². The van der Waals surface area contributed by atoms with Gasteiger partial charge in [0.15, 0.2) is 0 Å². The maximum Gasteiger partial charge on any atom is 0.212 e. The van der Waals surface area contributed by atoms with E-state index in [-0.39, 0.29) is 23.2 Å². The molecule has 0 aliphatic heterocycles. The first-order valence-corrected chi connectivity index (χ1v) is 7.98. The molecule has 2 N–H and O–H groups in total. The Morgan fingerprint density at radius 2 is 1.94 bits per heavy atom. The minimum Gasteiger partial charge on any atom is -0.393 e. The second-order valence-electron chi connectivity index (χ2n) is 6.35. The van der Waals surface area contributed by atoms with Crippen LogP contribution in [0.2, 0.25) is 0 Å². The second-order valence-corrected chi connectivity index (χ2v) is 8.16. The highest BCUT2D eigenvalue weighted by molar-refractivity contribution is 7.89. The first-order valence-electron chi connectivity index (χ1n) is 6.33. The lowest BCUT2D eigenvalue weighted by Gasteiger charge is -2.26. The quantitative estimate of drug-likeness (QED) is 0.808. The van der Waals surface area contributed by atoms with Crippen LogP contribution in [0.25, 0.3) is 0 Å². The van der Waals surface area contributed by atoms with Crippen LogP contribution in [0.3, 0.4) is 0 Å². The van der Waals surface area contributed by atoms with E-state index < -0.39 is 10.0 Å². The van der Waals surface area contributed by atoms with Crippen LogP contribution in [-0.2, 0) is 10.0 Å². The molecule has 1 aliphatic rings. The average molecular weight is 263 g/mol. The molecule has 1 rings (SSSR count). The third-order valence-corrected chi connectivity index (χ3v) is 4.82. The van der Waals surface area contributed by atoms with E-state index in [2.05, 4.69) is 4.72 Å². The van der Waals surface area contributed by atoms with E-state index in [4.69, 9.17) is 0 Å². The van der Waals surface area contributed by atoms with Crippen LogP contribution < -0.4 is 4.72 Å². The fraction of sp³-hybridized carbons (Fsp3) is 1.00. The van der Waals surface area contributed by atoms with Gasteiger partial charge in [0.1, 0.15) is 0 Å². The van der Waals surface area contributed by atoms with Gasteiger partial charge in [-0.15, -0.1) is 0 Å². The molecule has 4 nitrogen and oxygen atoms in total. The summed E-state index contributed by atoms with van der Waals surface area (Å²) in [6.45, 7) is 6.21. The molecule has 1 saturated carbocycles. The molecule has 0 aromatic heterocycles. The van der Waals surface area contributed by atoms with E-state index in [9.17, 15) is 13.5 Å². The minimum absolute atomic E-state index is 0.148. The van der Waals surface area contributed by atoms with Gasteiger partial charge in [0, 0.05) is 6.54 Å². The molecule has 0 bridgehead atoms. The molecular formula is C12H25NO3S. The number of hydrogen-bond acceptors (Lipinski definition) is 3. The number of sulfonamides is 1. The van der Waals surface area contributed by atoms with Crippen LogP contribution >= 0.6 is 0 Å². The number of aliphatic hydroxyl groups is 1. The van der Waals surface area contributed by atoms with Crippen molar-refractivity contribution < 1.29 is 13.5 Å². The number of aliphatic hydroxyl groups excluding tert-OH is 1. The average Bonchev–Trinajstić information content (AvgIpc) is 2.11. The highest BCUT2D eigenvalue weighted by Gasteiger charge is 2.24. The molecule has 2 atom stereocenters. The highest BCUT2D eigenvalue weighted by atomic mass is 32.2. The van der Waals surface area contributed by atoms with E-state index >= 15 is 0 Å². The van der Waals surface area contributed by atoms with Gasteiger partial charge in [-0.1, -0.05) is 27.2 Å². The maximum absolute atomic E-state index is 11.8. The fourth-order valence-electron chi connectivity index (χ4n) is 2.31. The van der Waals surface area contributed by atoms with Crippen molar-refractivity contribution >= 4 is 10.0 Å². The van der Waals surface area contributed by atoms with Crippen molar-refractivity contribution in [3.8, 4) is 0 Å². The standard InChI is InChI=1S/C12H25NO3S/c1-12(2,3)9-17(15,16)13-8-10-5-4-6-11(14)7-10/h10-11,13-14H,4-9H2,1-3H3. The van der Waals surface area contributed by atoms with Crippen LogP contribution in [0.5, 0.6) is 0 Å². The topological polar surface area (TPSA) is 66.4 Å². The zero-order chi connectivity index (χ0) is 13.1. The lowest BCUT2D eigenvalue weighted by Crippen LogP contribution is -2.37. The summed E-state index contributed by atoms with van der Waals surface area (Å²) in [4.78, 5) is 0. The van der Waals surface area contributed by atoms with Gasteiger partial charge in [-0.3, -0.25) is 0 Å². The zero-order valence-corrected chi connectivity index (χ0v) is 11.9. The van der Waals surface area contributed by atoms with E-state index in [1.165, 1.54) is 0 Å². The monoisotopic (exact) mass is 263 g/mol. The van der Waals surface area contributed by atoms with Gasteiger partial charge in [-0.2, -0.15) is 0 Å². The molecule has 1 aliphatic carbocycles. The van der Waals surface area contributed by atoms with Crippen LogP contribution in [0.1, 0.15) is 46.5 Å². The number of nitrogens with one attached hydrogen (secondary N) is 1. The molecule has 0 saturated heterocycles. The second kappa shape index (κ2) is 5.67. The van der Waals surface area contributed by atoms with Crippen molar-refractivity contribution in [2.24, 2.45) is 11.3 Å². The van der Waals surface area contributed by atoms with Gasteiger partial charge >= 0.3 is 0 Å². The smallest absolute Gasteiger partial charge is 0.212 e. The highest BCUT2D eigenvalue weighted by Crippen LogP contribution is 2.24. The van der Waals surface area contributed by atoms with Gasteiger partial charge in [-0.25, -0.2) is 13.1 Å². The first kappa shape index (κ1) is 14.9. The minimum atomic E-state index is -3.19. The Kier molecular flexibility index (Phi) is 4.98. The largest absolute Gasteiger partial charge is 0.393 e. The Bertz CT molecular complexity index is 332. The summed E-state index contributed by atoms with van der Waals surface area (Å²) in [6.07, 6.45) is 3.33. The van der Waals surface area contributed by atoms with Crippen molar-refractivity contribution in [2.75, 3.05) is 12.3 Å². The summed E-state index contributed by atoms with van der Waals surface area (Å²) in [5, 5.41) is 9.52.